The minimum atomic E-state index is -3.92. The Morgan fingerprint density at radius 2 is 1.40 bits per heavy atom. The summed E-state index contributed by atoms with van der Waals surface area (Å²) in [5, 5.41) is 10.2. The fraction of sp³-hybridized carbons (Fsp3) is 0.188. The lowest BCUT2D eigenvalue weighted by atomic mass is 9.85. The largest absolute Gasteiger partial charge is 0.379 e. The van der Waals surface area contributed by atoms with Gasteiger partial charge in [-0.2, -0.15) is 8.78 Å². The summed E-state index contributed by atoms with van der Waals surface area (Å²) in [4.78, 5) is 12.0. The van der Waals surface area contributed by atoms with Crippen LogP contribution in [0.15, 0.2) is 60.7 Å². The first kappa shape index (κ1) is 14.3. The molecular weight excluding hydrogens is 262 g/mol. The van der Waals surface area contributed by atoms with E-state index in [0.29, 0.717) is 0 Å². The quantitative estimate of drug-likeness (QED) is 0.869. The average Bonchev–Trinajstić information content (AvgIpc) is 2.48. The Labute approximate surface area is 115 Å². The van der Waals surface area contributed by atoms with Gasteiger partial charge < -0.3 is 5.11 Å². The second-order valence-corrected chi connectivity index (χ2v) is 4.71. The predicted molar refractivity (Wildman–Crippen MR) is 71.7 cm³/mol. The van der Waals surface area contributed by atoms with Crippen molar-refractivity contribution in [2.75, 3.05) is 0 Å². The van der Waals surface area contributed by atoms with Gasteiger partial charge >= 0.3 is 5.92 Å². The zero-order valence-corrected chi connectivity index (χ0v) is 10.9. The molecule has 0 amide bonds. The van der Waals surface area contributed by atoms with Crippen molar-refractivity contribution in [1.82, 2.24) is 0 Å². The molecule has 0 bridgehead atoms. The highest BCUT2D eigenvalue weighted by Crippen LogP contribution is 2.39. The van der Waals surface area contributed by atoms with E-state index in [1.54, 1.807) is 12.1 Å². The second kappa shape index (κ2) is 5.13. The van der Waals surface area contributed by atoms with Crippen LogP contribution in [0, 0.1) is 0 Å². The molecule has 2 rings (SSSR count). The number of halogens is 2. The standard InChI is InChI=1S/C16H14F2O2/c1-15(20,13-10-6-3-7-11-13)16(17,18)14(19)12-8-4-2-5-9-12/h2-11,20H,1H3. The van der Waals surface area contributed by atoms with Crippen LogP contribution in [0.1, 0.15) is 22.8 Å². The summed E-state index contributed by atoms with van der Waals surface area (Å²) < 4.78 is 28.7. The smallest absolute Gasteiger partial charge is 0.341 e. The molecule has 2 aromatic rings. The third kappa shape index (κ3) is 2.34. The van der Waals surface area contributed by atoms with Gasteiger partial charge in [-0.05, 0) is 12.5 Å². The van der Waals surface area contributed by atoms with E-state index in [9.17, 15) is 18.7 Å². The van der Waals surface area contributed by atoms with Gasteiger partial charge in [0.2, 0.25) is 5.78 Å². The van der Waals surface area contributed by atoms with Crippen molar-refractivity contribution in [3.05, 3.63) is 71.8 Å². The number of rotatable bonds is 4. The van der Waals surface area contributed by atoms with E-state index in [1.807, 2.05) is 0 Å². The Morgan fingerprint density at radius 3 is 1.90 bits per heavy atom. The molecule has 0 saturated carbocycles. The molecule has 0 aliphatic heterocycles. The van der Waals surface area contributed by atoms with E-state index >= 15 is 0 Å². The highest BCUT2D eigenvalue weighted by Gasteiger charge is 2.56. The summed E-state index contributed by atoms with van der Waals surface area (Å²) in [7, 11) is 0. The molecule has 0 spiro atoms. The van der Waals surface area contributed by atoms with E-state index in [-0.39, 0.29) is 11.1 Å². The van der Waals surface area contributed by atoms with Gasteiger partial charge in [0.25, 0.3) is 0 Å². The topological polar surface area (TPSA) is 37.3 Å². The number of hydrogen-bond acceptors (Lipinski definition) is 2. The summed E-state index contributed by atoms with van der Waals surface area (Å²) in [6.07, 6.45) is 0. The first-order valence-electron chi connectivity index (χ1n) is 6.13. The molecule has 0 aromatic heterocycles. The van der Waals surface area contributed by atoms with Crippen molar-refractivity contribution in [1.29, 1.82) is 0 Å². The Kier molecular flexibility index (Phi) is 3.68. The normalized spacial score (nSPS) is 14.6. The van der Waals surface area contributed by atoms with E-state index in [2.05, 4.69) is 0 Å². The van der Waals surface area contributed by atoms with Gasteiger partial charge in [0.1, 0.15) is 0 Å². The predicted octanol–water partition coefficient (Wildman–Crippen LogP) is 3.41. The average molecular weight is 276 g/mol. The van der Waals surface area contributed by atoms with Gasteiger partial charge in [-0.25, -0.2) is 0 Å². The number of carbonyl (C=O) groups is 1. The van der Waals surface area contributed by atoms with Crippen LogP contribution < -0.4 is 0 Å². The molecule has 2 aromatic carbocycles. The molecule has 0 aliphatic rings. The lowest BCUT2D eigenvalue weighted by Crippen LogP contribution is -2.48. The number of ketones is 1. The highest BCUT2D eigenvalue weighted by atomic mass is 19.3. The third-order valence-electron chi connectivity index (χ3n) is 3.27. The second-order valence-electron chi connectivity index (χ2n) is 4.71. The van der Waals surface area contributed by atoms with Crippen LogP contribution in [0.2, 0.25) is 0 Å². The lowest BCUT2D eigenvalue weighted by molar-refractivity contribution is -0.145. The Balaban J connectivity index is 2.42. The van der Waals surface area contributed by atoms with E-state index < -0.39 is 17.3 Å². The maximum atomic E-state index is 14.4. The number of alkyl halides is 2. The number of aliphatic hydroxyl groups is 1. The Bertz CT molecular complexity index is 592. The maximum absolute atomic E-state index is 14.4. The minimum absolute atomic E-state index is 0.00530. The van der Waals surface area contributed by atoms with E-state index in [4.69, 9.17) is 0 Å². The van der Waals surface area contributed by atoms with Crippen LogP contribution in [0.4, 0.5) is 8.78 Å². The van der Waals surface area contributed by atoms with Crippen molar-refractivity contribution in [2.24, 2.45) is 0 Å². The van der Waals surface area contributed by atoms with Gasteiger partial charge in [0.05, 0.1) is 0 Å². The summed E-state index contributed by atoms with van der Waals surface area (Å²) in [5.74, 6) is -5.32. The third-order valence-corrected chi connectivity index (χ3v) is 3.27. The fourth-order valence-electron chi connectivity index (χ4n) is 1.94. The summed E-state index contributed by atoms with van der Waals surface area (Å²) >= 11 is 0. The van der Waals surface area contributed by atoms with Crippen molar-refractivity contribution in [3.8, 4) is 0 Å². The molecule has 2 nitrogen and oxygen atoms in total. The molecule has 0 heterocycles. The van der Waals surface area contributed by atoms with Crippen molar-refractivity contribution in [2.45, 2.75) is 18.4 Å². The van der Waals surface area contributed by atoms with Crippen LogP contribution in [0.5, 0.6) is 0 Å². The molecule has 0 fully saturated rings. The molecule has 0 saturated heterocycles. The SMILES string of the molecule is CC(O)(c1ccccc1)C(F)(F)C(=O)c1ccccc1. The first-order valence-corrected chi connectivity index (χ1v) is 6.13. The molecule has 104 valence electrons. The van der Waals surface area contributed by atoms with Crippen molar-refractivity contribution < 1.29 is 18.7 Å². The Morgan fingerprint density at radius 1 is 0.950 bits per heavy atom. The lowest BCUT2D eigenvalue weighted by Gasteiger charge is -2.31. The van der Waals surface area contributed by atoms with E-state index in [0.717, 1.165) is 6.92 Å². The summed E-state index contributed by atoms with van der Waals surface area (Å²) in [5.41, 5.74) is -2.70. The molecule has 0 aliphatic carbocycles. The fourth-order valence-corrected chi connectivity index (χ4v) is 1.94. The highest BCUT2D eigenvalue weighted by molar-refractivity contribution is 6.02. The Hall–Kier alpha value is -2.07. The van der Waals surface area contributed by atoms with Crippen molar-refractivity contribution >= 4 is 5.78 Å². The molecule has 1 atom stereocenters. The molecule has 1 unspecified atom stereocenters. The van der Waals surface area contributed by atoms with Crippen LogP contribution in [0.25, 0.3) is 0 Å². The molecule has 4 heteroatoms. The number of benzene rings is 2. The van der Waals surface area contributed by atoms with Crippen LogP contribution in [-0.4, -0.2) is 16.8 Å². The van der Waals surface area contributed by atoms with Gasteiger partial charge in [-0.15, -0.1) is 0 Å². The number of hydrogen-bond donors (Lipinski definition) is 1. The summed E-state index contributed by atoms with van der Waals surface area (Å²) in [6, 6.07) is 14.7. The molecule has 1 N–H and O–H groups in total. The molecule has 20 heavy (non-hydrogen) atoms. The van der Waals surface area contributed by atoms with Crippen molar-refractivity contribution in [3.63, 3.8) is 0 Å². The zero-order chi connectivity index (χ0) is 14.8. The summed E-state index contributed by atoms with van der Waals surface area (Å²) in [6.45, 7) is 0.948. The van der Waals surface area contributed by atoms with Gasteiger partial charge in [0, 0.05) is 5.56 Å². The monoisotopic (exact) mass is 276 g/mol. The van der Waals surface area contributed by atoms with Crippen LogP contribution >= 0.6 is 0 Å². The van der Waals surface area contributed by atoms with Gasteiger partial charge in [-0.3, -0.25) is 4.79 Å². The zero-order valence-electron chi connectivity index (χ0n) is 10.9. The molecular formula is C16H14F2O2. The van der Waals surface area contributed by atoms with E-state index in [1.165, 1.54) is 48.5 Å². The minimum Gasteiger partial charge on any atom is -0.379 e. The maximum Gasteiger partial charge on any atom is 0.341 e. The van der Waals surface area contributed by atoms with Crippen LogP contribution in [0.3, 0.4) is 0 Å². The van der Waals surface area contributed by atoms with Gasteiger partial charge in [0.15, 0.2) is 5.60 Å². The number of carbonyl (C=O) groups excluding carboxylic acids is 1. The number of Topliss-reactive ketones (excluding diaryl/α,β-unsaturated/α-hetero) is 1. The molecule has 0 radical (unpaired) electrons. The first-order chi connectivity index (χ1) is 9.37. The van der Waals surface area contributed by atoms with Gasteiger partial charge in [-0.1, -0.05) is 60.7 Å². The van der Waals surface area contributed by atoms with Crippen LogP contribution in [-0.2, 0) is 5.60 Å².